The molecule has 0 aliphatic carbocycles. The molecule has 0 atom stereocenters. The van der Waals surface area contributed by atoms with Gasteiger partial charge in [0.15, 0.2) is 12.4 Å². The molecule has 0 bridgehead atoms. The zero-order valence-electron chi connectivity index (χ0n) is 9.08. The fraction of sp³-hybridized carbons (Fsp3) is 0.0769. The van der Waals surface area contributed by atoms with E-state index < -0.39 is 0 Å². The van der Waals surface area contributed by atoms with Crippen molar-refractivity contribution in [1.29, 1.82) is 5.26 Å². The van der Waals surface area contributed by atoms with Gasteiger partial charge in [-0.1, -0.05) is 12.1 Å². The van der Waals surface area contributed by atoms with Gasteiger partial charge in [-0.3, -0.25) is 9.78 Å². The number of hydrogen-bond acceptors (Lipinski definition) is 3. The average Bonchev–Trinajstić information content (AvgIpc) is 2.40. The minimum Gasteiger partial charge on any atom is -0.287 e. The molecule has 1 aromatic carbocycles. The number of benzene rings is 1. The highest BCUT2D eigenvalue weighted by Crippen LogP contribution is 2.04. The van der Waals surface area contributed by atoms with Crippen LogP contribution in [0.3, 0.4) is 0 Å². The summed E-state index contributed by atoms with van der Waals surface area (Å²) in [6, 6.07) is 8.72. The summed E-state index contributed by atoms with van der Waals surface area (Å²) in [5.74, 6) is -0.0294. The molecule has 2 rings (SSSR count). The Hall–Kier alpha value is -2.54. The van der Waals surface area contributed by atoms with Gasteiger partial charge in [0.25, 0.3) is 0 Å². The van der Waals surface area contributed by atoms with Gasteiger partial charge >= 0.3 is 0 Å². The lowest BCUT2D eigenvalue weighted by molar-refractivity contribution is -0.683. The molecule has 1 aromatic heterocycles. The molecule has 0 N–H and O–H groups in total. The van der Waals surface area contributed by atoms with E-state index in [1.54, 1.807) is 53.6 Å². The summed E-state index contributed by atoms with van der Waals surface area (Å²) in [7, 11) is 0. The maximum Gasteiger partial charge on any atom is 0.227 e. The summed E-state index contributed by atoms with van der Waals surface area (Å²) in [6.45, 7) is 0.247. The third-order valence-electron chi connectivity index (χ3n) is 2.33. The Balaban J connectivity index is 2.18. The first-order valence-electron chi connectivity index (χ1n) is 5.12. The van der Waals surface area contributed by atoms with Gasteiger partial charge in [-0.2, -0.15) is 9.83 Å². The Kier molecular flexibility index (Phi) is 3.22. The van der Waals surface area contributed by atoms with Gasteiger partial charge in [0, 0.05) is 5.56 Å². The van der Waals surface area contributed by atoms with E-state index in [4.69, 9.17) is 5.26 Å². The van der Waals surface area contributed by atoms with E-state index in [2.05, 4.69) is 4.98 Å². The molecular formula is C13H10N3O+. The van der Waals surface area contributed by atoms with Crippen LogP contribution in [0.4, 0.5) is 0 Å². The molecule has 4 heteroatoms. The molecule has 0 aliphatic heterocycles. The zero-order valence-corrected chi connectivity index (χ0v) is 9.08. The number of ketones is 1. The van der Waals surface area contributed by atoms with Crippen LogP contribution in [0.15, 0.2) is 49.1 Å². The van der Waals surface area contributed by atoms with Crippen molar-refractivity contribution in [2.24, 2.45) is 0 Å². The highest BCUT2D eigenvalue weighted by Gasteiger charge is 2.11. The van der Waals surface area contributed by atoms with Crippen molar-refractivity contribution in [3.63, 3.8) is 0 Å². The first-order chi connectivity index (χ1) is 8.29. The second-order valence-electron chi connectivity index (χ2n) is 3.53. The molecule has 17 heavy (non-hydrogen) atoms. The fourth-order valence-corrected chi connectivity index (χ4v) is 1.47. The van der Waals surface area contributed by atoms with Crippen LogP contribution in [0, 0.1) is 11.3 Å². The van der Waals surface area contributed by atoms with Crippen LogP contribution in [-0.2, 0) is 6.54 Å². The van der Waals surface area contributed by atoms with E-state index in [1.165, 1.54) is 0 Å². The summed E-state index contributed by atoms with van der Waals surface area (Å²) in [4.78, 5) is 15.8. The molecule has 0 spiro atoms. The van der Waals surface area contributed by atoms with E-state index in [0.717, 1.165) is 0 Å². The van der Waals surface area contributed by atoms with Crippen molar-refractivity contribution >= 4 is 5.78 Å². The lowest BCUT2D eigenvalue weighted by atomic mass is 10.1. The van der Waals surface area contributed by atoms with Crippen LogP contribution >= 0.6 is 0 Å². The van der Waals surface area contributed by atoms with E-state index >= 15 is 0 Å². The summed E-state index contributed by atoms with van der Waals surface area (Å²) in [5.41, 5.74) is 1.05. The third-order valence-corrected chi connectivity index (χ3v) is 2.33. The van der Waals surface area contributed by atoms with E-state index in [-0.39, 0.29) is 12.3 Å². The van der Waals surface area contributed by atoms with Gasteiger partial charge in [0.05, 0.1) is 24.0 Å². The van der Waals surface area contributed by atoms with Crippen molar-refractivity contribution < 1.29 is 9.36 Å². The maximum absolute atomic E-state index is 11.9. The third kappa shape index (κ3) is 2.73. The molecule has 0 saturated carbocycles. The molecule has 0 aliphatic rings. The van der Waals surface area contributed by atoms with Crippen molar-refractivity contribution in [3.8, 4) is 6.07 Å². The molecule has 1 heterocycles. The molecule has 2 aromatic rings. The Labute approximate surface area is 98.8 Å². The standard InChI is InChI=1S/C13H10N3O/c14-9-11-2-1-3-12(8-11)13(17)10-16-6-4-15-5-7-16/h1-8H,10H2/q+1. The van der Waals surface area contributed by atoms with Crippen molar-refractivity contribution in [2.45, 2.75) is 6.54 Å². The number of carbonyl (C=O) groups is 1. The monoisotopic (exact) mass is 224 g/mol. The van der Waals surface area contributed by atoms with Crippen LogP contribution < -0.4 is 4.57 Å². The predicted molar refractivity (Wildman–Crippen MR) is 59.9 cm³/mol. The second kappa shape index (κ2) is 4.99. The Morgan fingerprint density at radius 3 is 2.82 bits per heavy atom. The average molecular weight is 224 g/mol. The number of hydrogen-bond donors (Lipinski definition) is 0. The normalized spacial score (nSPS) is 9.59. The Morgan fingerprint density at radius 2 is 2.12 bits per heavy atom. The smallest absolute Gasteiger partial charge is 0.227 e. The first-order valence-corrected chi connectivity index (χ1v) is 5.12. The van der Waals surface area contributed by atoms with Crippen LogP contribution in [-0.4, -0.2) is 10.8 Å². The SMILES string of the molecule is N#Cc1cccc(C(=O)C[n+]2ccncc2)c1. The Bertz CT molecular complexity index is 573. The number of aromatic nitrogens is 2. The molecule has 0 fully saturated rings. The van der Waals surface area contributed by atoms with Crippen LogP contribution in [0.5, 0.6) is 0 Å². The molecular weight excluding hydrogens is 214 g/mol. The summed E-state index contributed by atoms with van der Waals surface area (Å²) in [6.07, 6.45) is 6.70. The second-order valence-corrected chi connectivity index (χ2v) is 3.53. The van der Waals surface area contributed by atoms with Gasteiger partial charge in [0.2, 0.25) is 12.3 Å². The van der Waals surface area contributed by atoms with Crippen molar-refractivity contribution in [2.75, 3.05) is 0 Å². The van der Waals surface area contributed by atoms with Gasteiger partial charge in [0.1, 0.15) is 0 Å². The largest absolute Gasteiger partial charge is 0.287 e. The number of Topliss-reactive ketones (excluding diaryl/α,β-unsaturated/α-hetero) is 1. The lowest BCUT2D eigenvalue weighted by Crippen LogP contribution is -2.37. The molecule has 0 saturated heterocycles. The highest BCUT2D eigenvalue weighted by molar-refractivity contribution is 5.95. The fourth-order valence-electron chi connectivity index (χ4n) is 1.47. The minimum absolute atomic E-state index is 0.0294. The van der Waals surface area contributed by atoms with Crippen LogP contribution in [0.2, 0.25) is 0 Å². The van der Waals surface area contributed by atoms with Crippen LogP contribution in [0.25, 0.3) is 0 Å². The Morgan fingerprint density at radius 1 is 1.35 bits per heavy atom. The van der Waals surface area contributed by atoms with Gasteiger partial charge < -0.3 is 0 Å². The predicted octanol–water partition coefficient (Wildman–Crippen LogP) is 1.12. The lowest BCUT2D eigenvalue weighted by Gasteiger charge is -1.98. The van der Waals surface area contributed by atoms with E-state index in [9.17, 15) is 4.79 Å². The molecule has 4 nitrogen and oxygen atoms in total. The summed E-state index contributed by atoms with van der Waals surface area (Å²) in [5, 5.41) is 8.76. The molecule has 0 amide bonds. The quantitative estimate of drug-likeness (QED) is 0.580. The first kappa shape index (κ1) is 11.0. The minimum atomic E-state index is -0.0294. The van der Waals surface area contributed by atoms with Crippen molar-refractivity contribution in [3.05, 3.63) is 60.2 Å². The van der Waals surface area contributed by atoms with Crippen molar-refractivity contribution in [1.82, 2.24) is 4.98 Å². The molecule has 0 unspecified atom stereocenters. The molecule has 82 valence electrons. The highest BCUT2D eigenvalue weighted by atomic mass is 16.1. The summed E-state index contributed by atoms with van der Waals surface area (Å²) >= 11 is 0. The number of nitriles is 1. The van der Waals surface area contributed by atoms with Gasteiger partial charge in [-0.15, -0.1) is 0 Å². The topological polar surface area (TPSA) is 57.6 Å². The van der Waals surface area contributed by atoms with Gasteiger partial charge in [-0.05, 0) is 12.1 Å². The number of nitrogens with zero attached hydrogens (tertiary/aromatic N) is 3. The van der Waals surface area contributed by atoms with E-state index in [0.29, 0.717) is 11.1 Å². The number of carbonyl (C=O) groups excluding carboxylic acids is 1. The zero-order chi connectivity index (χ0) is 12.1. The van der Waals surface area contributed by atoms with Crippen LogP contribution in [0.1, 0.15) is 15.9 Å². The summed E-state index contributed by atoms with van der Waals surface area (Å²) < 4.78 is 1.74. The van der Waals surface area contributed by atoms with Gasteiger partial charge in [-0.25, -0.2) is 0 Å². The molecule has 0 radical (unpaired) electrons. The number of rotatable bonds is 3. The maximum atomic E-state index is 11.9. The van der Waals surface area contributed by atoms with E-state index in [1.807, 2.05) is 6.07 Å².